The SMILES string of the molecule is Fc1cccc(CCn2c(CCl)nc3ccc(Cl)cc32)c1. The number of alkyl halides is 1. The fourth-order valence-corrected chi connectivity index (χ4v) is 2.80. The number of hydrogen-bond acceptors (Lipinski definition) is 1. The Kier molecular flexibility index (Phi) is 4.13. The Bertz CT molecular complexity index is 783. The molecule has 0 unspecified atom stereocenters. The summed E-state index contributed by atoms with van der Waals surface area (Å²) in [5, 5.41) is 0.663. The topological polar surface area (TPSA) is 17.8 Å². The van der Waals surface area contributed by atoms with Crippen LogP contribution in [0.1, 0.15) is 11.4 Å². The second kappa shape index (κ2) is 6.04. The fraction of sp³-hybridized carbons (Fsp3) is 0.188. The Morgan fingerprint density at radius 2 is 2.00 bits per heavy atom. The average molecular weight is 323 g/mol. The highest BCUT2D eigenvalue weighted by atomic mass is 35.5. The number of aryl methyl sites for hydroxylation is 2. The van der Waals surface area contributed by atoms with Gasteiger partial charge < -0.3 is 4.57 Å². The molecule has 0 N–H and O–H groups in total. The van der Waals surface area contributed by atoms with E-state index in [1.165, 1.54) is 6.07 Å². The van der Waals surface area contributed by atoms with Crippen molar-refractivity contribution in [3.05, 3.63) is 64.7 Å². The van der Waals surface area contributed by atoms with Gasteiger partial charge in [-0.15, -0.1) is 11.6 Å². The lowest BCUT2D eigenvalue weighted by molar-refractivity contribution is 0.621. The van der Waals surface area contributed by atoms with Crippen molar-refractivity contribution in [3.63, 3.8) is 0 Å². The van der Waals surface area contributed by atoms with E-state index in [2.05, 4.69) is 4.98 Å². The van der Waals surface area contributed by atoms with Crippen molar-refractivity contribution in [1.29, 1.82) is 0 Å². The molecule has 2 nitrogen and oxygen atoms in total. The molecular weight excluding hydrogens is 310 g/mol. The number of halogens is 3. The van der Waals surface area contributed by atoms with Crippen LogP contribution in [-0.2, 0) is 18.8 Å². The van der Waals surface area contributed by atoms with Crippen molar-refractivity contribution in [1.82, 2.24) is 9.55 Å². The predicted octanol–water partition coefficient (Wildman–Crippen LogP) is 4.81. The molecule has 5 heteroatoms. The molecule has 0 spiro atoms. The van der Waals surface area contributed by atoms with Gasteiger partial charge in [0.15, 0.2) is 0 Å². The van der Waals surface area contributed by atoms with Crippen molar-refractivity contribution in [2.24, 2.45) is 0 Å². The molecule has 0 aliphatic rings. The van der Waals surface area contributed by atoms with E-state index < -0.39 is 0 Å². The van der Waals surface area contributed by atoms with Crippen LogP contribution in [0.2, 0.25) is 5.02 Å². The minimum atomic E-state index is -0.219. The molecular formula is C16H13Cl2FN2. The van der Waals surface area contributed by atoms with E-state index >= 15 is 0 Å². The minimum Gasteiger partial charge on any atom is -0.327 e. The molecule has 108 valence electrons. The van der Waals surface area contributed by atoms with Gasteiger partial charge in [-0.2, -0.15) is 0 Å². The zero-order valence-corrected chi connectivity index (χ0v) is 12.7. The van der Waals surface area contributed by atoms with Crippen LogP contribution >= 0.6 is 23.2 Å². The van der Waals surface area contributed by atoms with E-state index in [4.69, 9.17) is 23.2 Å². The van der Waals surface area contributed by atoms with Gasteiger partial charge in [0, 0.05) is 11.6 Å². The number of rotatable bonds is 4. The third-order valence-electron chi connectivity index (χ3n) is 3.42. The van der Waals surface area contributed by atoms with Crippen LogP contribution in [0, 0.1) is 5.82 Å². The second-order valence-corrected chi connectivity index (χ2v) is 5.53. The number of benzene rings is 2. The van der Waals surface area contributed by atoms with Gasteiger partial charge in [-0.3, -0.25) is 0 Å². The third kappa shape index (κ3) is 3.04. The molecule has 0 amide bonds. The molecule has 0 atom stereocenters. The van der Waals surface area contributed by atoms with Crippen LogP contribution in [0.15, 0.2) is 42.5 Å². The van der Waals surface area contributed by atoms with Crippen LogP contribution < -0.4 is 0 Å². The van der Waals surface area contributed by atoms with Crippen LogP contribution in [0.5, 0.6) is 0 Å². The Labute approximate surface area is 132 Å². The van der Waals surface area contributed by atoms with Crippen molar-refractivity contribution in [2.75, 3.05) is 0 Å². The van der Waals surface area contributed by atoms with Crippen LogP contribution in [0.4, 0.5) is 4.39 Å². The highest BCUT2D eigenvalue weighted by molar-refractivity contribution is 6.31. The number of fused-ring (bicyclic) bond motifs is 1. The maximum atomic E-state index is 13.2. The first-order chi connectivity index (χ1) is 10.2. The molecule has 1 aromatic heterocycles. The first-order valence-electron chi connectivity index (χ1n) is 6.62. The molecule has 21 heavy (non-hydrogen) atoms. The van der Waals surface area contributed by atoms with Gasteiger partial charge in [-0.05, 0) is 42.3 Å². The van der Waals surface area contributed by atoms with Crippen molar-refractivity contribution in [2.45, 2.75) is 18.8 Å². The zero-order valence-electron chi connectivity index (χ0n) is 11.2. The second-order valence-electron chi connectivity index (χ2n) is 4.83. The van der Waals surface area contributed by atoms with Gasteiger partial charge in [0.25, 0.3) is 0 Å². The van der Waals surface area contributed by atoms with Gasteiger partial charge in [-0.25, -0.2) is 9.37 Å². The Morgan fingerprint density at radius 1 is 1.14 bits per heavy atom. The van der Waals surface area contributed by atoms with Crippen molar-refractivity contribution in [3.8, 4) is 0 Å². The lowest BCUT2D eigenvalue weighted by atomic mass is 10.1. The van der Waals surface area contributed by atoms with E-state index in [-0.39, 0.29) is 5.82 Å². The summed E-state index contributed by atoms with van der Waals surface area (Å²) in [4.78, 5) is 4.50. The number of aromatic nitrogens is 2. The standard InChI is InChI=1S/C16H13Cl2FN2/c17-10-16-20-14-5-4-12(18)9-15(14)21(16)7-6-11-2-1-3-13(19)8-11/h1-5,8-9H,6-7,10H2. The van der Waals surface area contributed by atoms with Gasteiger partial charge in [0.1, 0.15) is 11.6 Å². The smallest absolute Gasteiger partial charge is 0.124 e. The number of hydrogen-bond donors (Lipinski definition) is 0. The molecule has 0 bridgehead atoms. The summed E-state index contributed by atoms with van der Waals surface area (Å²) >= 11 is 12.0. The summed E-state index contributed by atoms with van der Waals surface area (Å²) < 4.78 is 15.3. The van der Waals surface area contributed by atoms with Gasteiger partial charge >= 0.3 is 0 Å². The molecule has 0 aliphatic heterocycles. The molecule has 0 saturated heterocycles. The maximum absolute atomic E-state index is 13.2. The fourth-order valence-electron chi connectivity index (χ4n) is 2.43. The van der Waals surface area contributed by atoms with Gasteiger partial charge in [0.2, 0.25) is 0 Å². The molecule has 3 aromatic rings. The molecule has 0 radical (unpaired) electrons. The lowest BCUT2D eigenvalue weighted by Crippen LogP contribution is -2.05. The maximum Gasteiger partial charge on any atom is 0.124 e. The lowest BCUT2D eigenvalue weighted by Gasteiger charge is -2.08. The molecule has 2 aromatic carbocycles. The van der Waals surface area contributed by atoms with Gasteiger partial charge in [0.05, 0.1) is 16.9 Å². The summed E-state index contributed by atoms with van der Waals surface area (Å²) in [5.74, 6) is 0.907. The molecule has 3 rings (SSSR count). The Balaban J connectivity index is 1.93. The summed E-state index contributed by atoms with van der Waals surface area (Å²) in [6.07, 6.45) is 0.708. The Morgan fingerprint density at radius 3 is 2.76 bits per heavy atom. The molecule has 1 heterocycles. The van der Waals surface area contributed by atoms with Crippen LogP contribution in [-0.4, -0.2) is 9.55 Å². The summed E-state index contributed by atoms with van der Waals surface area (Å²) in [6, 6.07) is 12.2. The zero-order chi connectivity index (χ0) is 14.8. The Hall–Kier alpha value is -1.58. The molecule has 0 fully saturated rings. The molecule has 0 aliphatic carbocycles. The van der Waals surface area contributed by atoms with E-state index in [1.807, 2.05) is 28.8 Å². The van der Waals surface area contributed by atoms with Crippen LogP contribution in [0.25, 0.3) is 11.0 Å². The molecule has 0 saturated carbocycles. The highest BCUT2D eigenvalue weighted by Gasteiger charge is 2.10. The third-order valence-corrected chi connectivity index (χ3v) is 3.90. The number of imidazole rings is 1. The quantitative estimate of drug-likeness (QED) is 0.630. The highest BCUT2D eigenvalue weighted by Crippen LogP contribution is 2.22. The first kappa shape index (κ1) is 14.4. The largest absolute Gasteiger partial charge is 0.327 e. The van der Waals surface area contributed by atoms with Crippen molar-refractivity contribution >= 4 is 34.2 Å². The summed E-state index contributed by atoms with van der Waals surface area (Å²) in [5.41, 5.74) is 2.77. The van der Waals surface area contributed by atoms with E-state index in [1.54, 1.807) is 12.1 Å². The summed E-state index contributed by atoms with van der Waals surface area (Å²) in [6.45, 7) is 0.683. The van der Waals surface area contributed by atoms with Gasteiger partial charge in [-0.1, -0.05) is 23.7 Å². The van der Waals surface area contributed by atoms with E-state index in [9.17, 15) is 4.39 Å². The van der Waals surface area contributed by atoms with Crippen molar-refractivity contribution < 1.29 is 4.39 Å². The predicted molar refractivity (Wildman–Crippen MR) is 84.4 cm³/mol. The van der Waals surface area contributed by atoms with E-state index in [0.717, 1.165) is 22.4 Å². The normalized spacial score (nSPS) is 11.2. The monoisotopic (exact) mass is 322 g/mol. The minimum absolute atomic E-state index is 0.219. The van der Waals surface area contributed by atoms with Crippen LogP contribution in [0.3, 0.4) is 0 Å². The number of nitrogens with zero attached hydrogens (tertiary/aromatic N) is 2. The first-order valence-corrected chi connectivity index (χ1v) is 7.53. The summed E-state index contributed by atoms with van der Waals surface area (Å²) in [7, 11) is 0. The van der Waals surface area contributed by atoms with E-state index in [0.29, 0.717) is 23.9 Å². The average Bonchev–Trinajstić information content (AvgIpc) is 2.82.